The molecule has 138 valence electrons. The number of nitrogens with one attached hydrogen (secondary N) is 1. The SMILES string of the molecule is C[C@H](OC(=O)c1ccccc1SC(F)F)C(=O)N[C@H]1CCS(=O)(=O)C1. The zero-order valence-electron chi connectivity index (χ0n) is 13.3. The maximum Gasteiger partial charge on any atom is 0.340 e. The number of sulfone groups is 1. The molecule has 0 aromatic heterocycles. The highest BCUT2D eigenvalue weighted by Crippen LogP contribution is 2.29. The number of ether oxygens (including phenoxy) is 1. The molecule has 2 rings (SSSR count). The summed E-state index contributed by atoms with van der Waals surface area (Å²) >= 11 is 0.213. The van der Waals surface area contributed by atoms with Gasteiger partial charge in [0.25, 0.3) is 11.7 Å². The molecule has 1 aliphatic rings. The van der Waals surface area contributed by atoms with Crippen LogP contribution in [-0.4, -0.2) is 49.7 Å². The van der Waals surface area contributed by atoms with E-state index < -0.39 is 39.6 Å². The number of esters is 1. The molecule has 10 heteroatoms. The molecule has 0 spiro atoms. The lowest BCUT2D eigenvalue weighted by atomic mass is 10.2. The maximum absolute atomic E-state index is 12.5. The lowest BCUT2D eigenvalue weighted by molar-refractivity contribution is -0.129. The van der Waals surface area contributed by atoms with Crippen molar-refractivity contribution in [2.24, 2.45) is 0 Å². The van der Waals surface area contributed by atoms with Crippen LogP contribution in [0.4, 0.5) is 8.78 Å². The van der Waals surface area contributed by atoms with Gasteiger partial charge in [0.1, 0.15) is 0 Å². The van der Waals surface area contributed by atoms with Crippen molar-refractivity contribution >= 4 is 33.5 Å². The van der Waals surface area contributed by atoms with Gasteiger partial charge in [-0.1, -0.05) is 23.9 Å². The molecule has 1 aliphatic heterocycles. The molecule has 6 nitrogen and oxygen atoms in total. The number of halogens is 2. The lowest BCUT2D eigenvalue weighted by Gasteiger charge is -2.17. The Morgan fingerprint density at radius 3 is 2.60 bits per heavy atom. The van der Waals surface area contributed by atoms with Crippen LogP contribution in [0, 0.1) is 0 Å². The molecule has 2 atom stereocenters. The molecule has 1 aromatic rings. The summed E-state index contributed by atoms with van der Waals surface area (Å²) in [5.41, 5.74) is -0.0594. The van der Waals surface area contributed by atoms with E-state index in [1.807, 2.05) is 0 Å². The molecule has 1 saturated heterocycles. The first kappa shape index (κ1) is 19.6. The molecule has 0 unspecified atom stereocenters. The first-order valence-electron chi connectivity index (χ1n) is 7.43. The van der Waals surface area contributed by atoms with E-state index in [0.29, 0.717) is 6.42 Å². The molecule has 1 aromatic carbocycles. The van der Waals surface area contributed by atoms with Crippen LogP contribution in [0.15, 0.2) is 29.2 Å². The second-order valence-electron chi connectivity index (χ2n) is 5.53. The van der Waals surface area contributed by atoms with Crippen LogP contribution in [0.2, 0.25) is 0 Å². The Hall–Kier alpha value is -1.68. The van der Waals surface area contributed by atoms with Crippen molar-refractivity contribution in [2.45, 2.75) is 36.1 Å². The first-order chi connectivity index (χ1) is 11.7. The second-order valence-corrected chi connectivity index (χ2v) is 8.79. The molecule has 0 aliphatic carbocycles. The van der Waals surface area contributed by atoms with E-state index in [9.17, 15) is 26.8 Å². The highest BCUT2D eigenvalue weighted by atomic mass is 32.2. The molecule has 1 N–H and O–H groups in total. The molecular formula is C15H17F2NO5S2. The van der Waals surface area contributed by atoms with Gasteiger partial charge >= 0.3 is 5.97 Å². The normalized spacial score (nSPS) is 20.2. The van der Waals surface area contributed by atoms with Crippen LogP contribution in [0.25, 0.3) is 0 Å². The Morgan fingerprint density at radius 1 is 1.32 bits per heavy atom. The number of hydrogen-bond acceptors (Lipinski definition) is 6. The van der Waals surface area contributed by atoms with Gasteiger partial charge in [0.2, 0.25) is 0 Å². The van der Waals surface area contributed by atoms with E-state index in [1.54, 1.807) is 0 Å². The van der Waals surface area contributed by atoms with Gasteiger partial charge in [-0.3, -0.25) is 4.79 Å². The van der Waals surface area contributed by atoms with Gasteiger partial charge in [-0.25, -0.2) is 13.2 Å². The summed E-state index contributed by atoms with van der Waals surface area (Å²) in [5.74, 6) is -4.36. The van der Waals surface area contributed by atoms with Crippen molar-refractivity contribution in [3.63, 3.8) is 0 Å². The fourth-order valence-corrected chi connectivity index (χ4v) is 4.64. The summed E-state index contributed by atoms with van der Waals surface area (Å²) in [5, 5.41) is 2.52. The van der Waals surface area contributed by atoms with Crippen LogP contribution in [0.3, 0.4) is 0 Å². The highest BCUT2D eigenvalue weighted by molar-refractivity contribution is 7.99. The molecule has 0 bridgehead atoms. The van der Waals surface area contributed by atoms with Crippen molar-refractivity contribution in [3.05, 3.63) is 29.8 Å². The van der Waals surface area contributed by atoms with Crippen molar-refractivity contribution < 1.29 is 31.5 Å². The van der Waals surface area contributed by atoms with Gasteiger partial charge in [-0.2, -0.15) is 8.78 Å². The number of carbonyl (C=O) groups is 2. The average Bonchev–Trinajstić information content (AvgIpc) is 2.85. The predicted molar refractivity (Wildman–Crippen MR) is 88.4 cm³/mol. The summed E-state index contributed by atoms with van der Waals surface area (Å²) in [6.45, 7) is 1.33. The summed E-state index contributed by atoms with van der Waals surface area (Å²) in [4.78, 5) is 24.2. The van der Waals surface area contributed by atoms with Crippen molar-refractivity contribution in [1.82, 2.24) is 5.32 Å². The first-order valence-corrected chi connectivity index (χ1v) is 10.1. The number of carbonyl (C=O) groups excluding carboxylic acids is 2. The quantitative estimate of drug-likeness (QED) is 0.586. The number of alkyl halides is 2. The van der Waals surface area contributed by atoms with Crippen molar-refractivity contribution in [1.29, 1.82) is 0 Å². The number of amides is 1. The Balaban J connectivity index is 1.97. The second kappa shape index (κ2) is 8.13. The van der Waals surface area contributed by atoms with Gasteiger partial charge in [0, 0.05) is 10.9 Å². The summed E-state index contributed by atoms with van der Waals surface area (Å²) in [6, 6.07) is 5.20. The zero-order chi connectivity index (χ0) is 18.6. The molecule has 1 fully saturated rings. The van der Waals surface area contributed by atoms with Gasteiger partial charge < -0.3 is 10.1 Å². The van der Waals surface area contributed by atoms with Gasteiger partial charge in [-0.05, 0) is 25.5 Å². The molecule has 0 saturated carbocycles. The third-order valence-corrected chi connectivity index (χ3v) is 6.11. The smallest absolute Gasteiger partial charge is 0.340 e. The Labute approximate surface area is 148 Å². The van der Waals surface area contributed by atoms with E-state index in [-0.39, 0.29) is 33.7 Å². The number of benzene rings is 1. The van der Waals surface area contributed by atoms with Gasteiger partial charge in [0.15, 0.2) is 15.9 Å². The minimum absolute atomic E-state index is 0.00431. The standard InChI is InChI=1S/C15H17F2NO5S2/c1-9(13(19)18-10-6-7-25(21,22)8-10)23-14(20)11-4-2-3-5-12(11)24-15(16)17/h2-5,9-10,15H,6-8H2,1H3,(H,18,19)/t9-,10-/m0/s1. The fraction of sp³-hybridized carbons (Fsp3) is 0.467. The van der Waals surface area contributed by atoms with E-state index in [0.717, 1.165) is 0 Å². The predicted octanol–water partition coefficient (Wildman–Crippen LogP) is 1.85. The van der Waals surface area contributed by atoms with Gasteiger partial charge in [-0.15, -0.1) is 0 Å². The zero-order valence-corrected chi connectivity index (χ0v) is 14.9. The number of hydrogen-bond donors (Lipinski definition) is 1. The Kier molecular flexibility index (Phi) is 6.39. The molecular weight excluding hydrogens is 376 g/mol. The van der Waals surface area contributed by atoms with Crippen LogP contribution >= 0.6 is 11.8 Å². The van der Waals surface area contributed by atoms with Gasteiger partial charge in [0.05, 0.1) is 17.1 Å². The largest absolute Gasteiger partial charge is 0.449 e. The third-order valence-electron chi connectivity index (χ3n) is 3.55. The van der Waals surface area contributed by atoms with Crippen LogP contribution in [0.5, 0.6) is 0 Å². The average molecular weight is 393 g/mol. The van der Waals surface area contributed by atoms with Crippen LogP contribution in [-0.2, 0) is 19.4 Å². The Morgan fingerprint density at radius 2 is 2.00 bits per heavy atom. The number of rotatable bonds is 6. The summed E-state index contributed by atoms with van der Waals surface area (Å²) < 4.78 is 52.9. The van der Waals surface area contributed by atoms with Crippen molar-refractivity contribution in [3.8, 4) is 0 Å². The maximum atomic E-state index is 12.5. The van der Waals surface area contributed by atoms with E-state index in [2.05, 4.69) is 5.32 Å². The monoisotopic (exact) mass is 393 g/mol. The fourth-order valence-electron chi connectivity index (χ4n) is 2.34. The van der Waals surface area contributed by atoms with E-state index in [4.69, 9.17) is 4.74 Å². The molecule has 25 heavy (non-hydrogen) atoms. The third kappa shape index (κ3) is 5.67. The lowest BCUT2D eigenvalue weighted by Crippen LogP contribution is -2.42. The van der Waals surface area contributed by atoms with Crippen LogP contribution < -0.4 is 5.32 Å². The summed E-state index contributed by atoms with van der Waals surface area (Å²) in [6.07, 6.45) is -0.872. The molecule has 1 amide bonds. The molecule has 1 heterocycles. The Bertz CT molecular complexity index is 754. The minimum atomic E-state index is -3.15. The number of thioether (sulfide) groups is 1. The van der Waals surface area contributed by atoms with Crippen molar-refractivity contribution in [2.75, 3.05) is 11.5 Å². The van der Waals surface area contributed by atoms with E-state index >= 15 is 0 Å². The minimum Gasteiger partial charge on any atom is -0.449 e. The van der Waals surface area contributed by atoms with E-state index in [1.165, 1.54) is 31.2 Å². The molecule has 0 radical (unpaired) electrons. The highest BCUT2D eigenvalue weighted by Gasteiger charge is 2.31. The van der Waals surface area contributed by atoms with Crippen LogP contribution in [0.1, 0.15) is 23.7 Å². The topological polar surface area (TPSA) is 89.5 Å². The summed E-state index contributed by atoms with van der Waals surface area (Å²) in [7, 11) is -3.15.